The molecule has 3 nitrogen and oxygen atoms in total. The van der Waals surface area contributed by atoms with Crippen molar-refractivity contribution in [3.05, 3.63) is 43.2 Å². The first-order valence-corrected chi connectivity index (χ1v) is 7.83. The Balaban J connectivity index is 1.97. The van der Waals surface area contributed by atoms with Gasteiger partial charge < -0.3 is 10.1 Å². The number of methoxy groups -OCH3 is 1. The van der Waals surface area contributed by atoms with Crippen LogP contribution < -0.4 is 10.1 Å². The van der Waals surface area contributed by atoms with Gasteiger partial charge in [0.2, 0.25) is 0 Å². The van der Waals surface area contributed by atoms with Crippen LogP contribution in [0.3, 0.4) is 0 Å². The summed E-state index contributed by atoms with van der Waals surface area (Å²) in [7, 11) is 1.66. The molecule has 96 valence electrons. The molecule has 0 radical (unpaired) electrons. The quantitative estimate of drug-likeness (QED) is 0.837. The second-order valence-electron chi connectivity index (χ2n) is 3.68. The van der Waals surface area contributed by atoms with Crippen molar-refractivity contribution in [2.45, 2.75) is 13.1 Å². The van der Waals surface area contributed by atoms with E-state index in [0.29, 0.717) is 0 Å². The van der Waals surface area contributed by atoms with Crippen LogP contribution in [0.25, 0.3) is 0 Å². The molecule has 0 bridgehead atoms. The summed E-state index contributed by atoms with van der Waals surface area (Å²) < 4.78 is 7.17. The first kappa shape index (κ1) is 14.0. The minimum absolute atomic E-state index is 0.783. The monoisotopic (exact) mass is 390 g/mol. The topological polar surface area (TPSA) is 34.1 Å². The summed E-state index contributed by atoms with van der Waals surface area (Å²) in [5.41, 5.74) is 4.11. The highest BCUT2D eigenvalue weighted by Crippen LogP contribution is 2.34. The molecule has 1 heterocycles. The lowest BCUT2D eigenvalue weighted by molar-refractivity contribution is 0.409. The molecule has 0 aliphatic rings. The number of nitrogens with one attached hydrogen (secondary N) is 1. The lowest BCUT2D eigenvalue weighted by Gasteiger charge is -2.09. The summed E-state index contributed by atoms with van der Waals surface area (Å²) in [6.07, 6.45) is 0. The highest BCUT2D eigenvalue weighted by atomic mass is 79.9. The summed E-state index contributed by atoms with van der Waals surface area (Å²) in [4.78, 5) is 4.23. The molecule has 0 saturated carbocycles. The van der Waals surface area contributed by atoms with Gasteiger partial charge in [0, 0.05) is 18.5 Å². The highest BCUT2D eigenvalue weighted by Gasteiger charge is 2.07. The standard InChI is InChI=1S/C12H12Br2N2OS/c1-17-12-10(13)2-8(3-11(12)14)4-15-5-9-6-18-7-16-9/h2-3,6-7,15H,4-5H2,1H3. The van der Waals surface area contributed by atoms with Crippen molar-refractivity contribution < 1.29 is 4.74 Å². The fourth-order valence-corrected chi connectivity index (χ4v) is 3.73. The van der Waals surface area contributed by atoms with Gasteiger partial charge in [-0.3, -0.25) is 0 Å². The fourth-order valence-electron chi connectivity index (χ4n) is 1.57. The van der Waals surface area contributed by atoms with Crippen LogP contribution in [0.1, 0.15) is 11.3 Å². The lowest BCUT2D eigenvalue weighted by Crippen LogP contribution is -2.12. The third-order valence-corrected chi connectivity index (χ3v) is 4.19. The van der Waals surface area contributed by atoms with Crippen LogP contribution in [0, 0.1) is 0 Å². The van der Waals surface area contributed by atoms with E-state index in [1.54, 1.807) is 18.4 Å². The zero-order valence-electron chi connectivity index (χ0n) is 9.74. The van der Waals surface area contributed by atoms with Gasteiger partial charge in [-0.15, -0.1) is 11.3 Å². The van der Waals surface area contributed by atoms with Crippen LogP contribution >= 0.6 is 43.2 Å². The molecule has 0 saturated heterocycles. The molecule has 2 rings (SSSR count). The van der Waals surface area contributed by atoms with Crippen LogP contribution in [0.5, 0.6) is 5.75 Å². The third kappa shape index (κ3) is 3.54. The predicted molar refractivity (Wildman–Crippen MR) is 81.1 cm³/mol. The Kier molecular flexibility index (Phi) is 5.17. The summed E-state index contributed by atoms with van der Waals surface area (Å²) >= 11 is 8.60. The Bertz CT molecular complexity index is 494. The van der Waals surface area contributed by atoms with E-state index >= 15 is 0 Å². The van der Waals surface area contributed by atoms with E-state index in [1.165, 1.54) is 5.56 Å². The SMILES string of the molecule is COc1c(Br)cc(CNCc2cscn2)cc1Br. The van der Waals surface area contributed by atoms with Gasteiger partial charge in [0.25, 0.3) is 0 Å². The summed E-state index contributed by atoms with van der Waals surface area (Å²) in [5.74, 6) is 0.818. The van der Waals surface area contributed by atoms with Crippen molar-refractivity contribution in [3.8, 4) is 5.75 Å². The van der Waals surface area contributed by atoms with E-state index in [2.05, 4.69) is 54.3 Å². The number of hydrogen-bond donors (Lipinski definition) is 1. The molecule has 0 amide bonds. The van der Waals surface area contributed by atoms with E-state index in [9.17, 15) is 0 Å². The molecule has 2 aromatic rings. The highest BCUT2D eigenvalue weighted by molar-refractivity contribution is 9.11. The van der Waals surface area contributed by atoms with Gasteiger partial charge >= 0.3 is 0 Å². The Morgan fingerprint density at radius 2 is 2.00 bits per heavy atom. The number of hydrogen-bond acceptors (Lipinski definition) is 4. The molecule has 0 unspecified atom stereocenters. The van der Waals surface area contributed by atoms with Gasteiger partial charge in [0.15, 0.2) is 0 Å². The van der Waals surface area contributed by atoms with Crippen molar-refractivity contribution in [2.75, 3.05) is 7.11 Å². The lowest BCUT2D eigenvalue weighted by atomic mass is 10.2. The van der Waals surface area contributed by atoms with E-state index in [-0.39, 0.29) is 0 Å². The van der Waals surface area contributed by atoms with Crippen molar-refractivity contribution in [1.29, 1.82) is 0 Å². The van der Waals surface area contributed by atoms with Crippen LogP contribution in [0.15, 0.2) is 32.0 Å². The largest absolute Gasteiger partial charge is 0.494 e. The van der Waals surface area contributed by atoms with Crippen LogP contribution in [-0.4, -0.2) is 12.1 Å². The molecule has 0 fully saturated rings. The molecule has 0 atom stereocenters. The number of rotatable bonds is 5. The summed E-state index contributed by atoms with van der Waals surface area (Å²) in [6.45, 7) is 1.57. The Morgan fingerprint density at radius 1 is 1.28 bits per heavy atom. The maximum atomic E-state index is 5.27. The molecule has 0 aliphatic carbocycles. The van der Waals surface area contributed by atoms with Gasteiger partial charge in [-0.25, -0.2) is 4.98 Å². The molecular formula is C12H12Br2N2OS. The van der Waals surface area contributed by atoms with Gasteiger partial charge in [-0.2, -0.15) is 0 Å². The molecule has 1 aromatic heterocycles. The van der Waals surface area contributed by atoms with Gasteiger partial charge in [-0.05, 0) is 49.6 Å². The fraction of sp³-hybridized carbons (Fsp3) is 0.250. The first-order chi connectivity index (χ1) is 8.70. The number of aromatic nitrogens is 1. The smallest absolute Gasteiger partial charge is 0.147 e. The van der Waals surface area contributed by atoms with Crippen LogP contribution in [0.2, 0.25) is 0 Å². The average molecular weight is 392 g/mol. The number of nitrogens with zero attached hydrogens (tertiary/aromatic N) is 1. The van der Waals surface area contributed by atoms with Crippen LogP contribution in [-0.2, 0) is 13.1 Å². The molecule has 18 heavy (non-hydrogen) atoms. The maximum Gasteiger partial charge on any atom is 0.147 e. The van der Waals surface area contributed by atoms with E-state index in [0.717, 1.165) is 33.5 Å². The van der Waals surface area contributed by atoms with Crippen molar-refractivity contribution in [2.24, 2.45) is 0 Å². The van der Waals surface area contributed by atoms with Crippen molar-refractivity contribution in [1.82, 2.24) is 10.3 Å². The maximum absolute atomic E-state index is 5.27. The van der Waals surface area contributed by atoms with E-state index < -0.39 is 0 Å². The number of ether oxygens (including phenoxy) is 1. The van der Waals surface area contributed by atoms with Gasteiger partial charge in [0.05, 0.1) is 27.3 Å². The number of halogens is 2. The zero-order valence-corrected chi connectivity index (χ0v) is 13.7. The number of thiazole rings is 1. The molecule has 6 heteroatoms. The molecule has 0 spiro atoms. The van der Waals surface area contributed by atoms with E-state index in [1.807, 2.05) is 10.9 Å². The normalized spacial score (nSPS) is 10.6. The minimum Gasteiger partial charge on any atom is -0.494 e. The number of benzene rings is 1. The average Bonchev–Trinajstić information content (AvgIpc) is 2.82. The Labute approximate surface area is 127 Å². The zero-order chi connectivity index (χ0) is 13.0. The van der Waals surface area contributed by atoms with E-state index in [4.69, 9.17) is 4.74 Å². The predicted octanol–water partition coefficient (Wildman–Crippen LogP) is 3.97. The summed E-state index contributed by atoms with van der Waals surface area (Å²) in [6, 6.07) is 4.11. The Hall–Kier alpha value is -0.430. The molecule has 1 aromatic carbocycles. The molecule has 0 aliphatic heterocycles. The minimum atomic E-state index is 0.783. The summed E-state index contributed by atoms with van der Waals surface area (Å²) in [5, 5.41) is 5.41. The van der Waals surface area contributed by atoms with Gasteiger partial charge in [0.1, 0.15) is 5.75 Å². The molecule has 1 N–H and O–H groups in total. The Morgan fingerprint density at radius 3 is 2.56 bits per heavy atom. The van der Waals surface area contributed by atoms with Crippen molar-refractivity contribution >= 4 is 43.2 Å². The van der Waals surface area contributed by atoms with Crippen LogP contribution in [0.4, 0.5) is 0 Å². The van der Waals surface area contributed by atoms with Crippen molar-refractivity contribution in [3.63, 3.8) is 0 Å². The molecular weight excluding hydrogens is 380 g/mol. The second-order valence-corrected chi connectivity index (χ2v) is 6.10. The first-order valence-electron chi connectivity index (χ1n) is 5.30. The van der Waals surface area contributed by atoms with Gasteiger partial charge in [-0.1, -0.05) is 0 Å². The third-order valence-electron chi connectivity index (χ3n) is 2.38. The second kappa shape index (κ2) is 6.65.